The molecule has 0 N–H and O–H groups in total. The van der Waals surface area contributed by atoms with Crippen molar-refractivity contribution in [3.05, 3.63) is 12.2 Å². The first-order valence-electron chi connectivity index (χ1n) is 11.6. The van der Waals surface area contributed by atoms with Crippen LogP contribution in [0.4, 0.5) is 0 Å². The van der Waals surface area contributed by atoms with Gasteiger partial charge in [-0.2, -0.15) is 0 Å². The highest BCUT2D eigenvalue weighted by molar-refractivity contribution is 6.63. The summed E-state index contributed by atoms with van der Waals surface area (Å²) >= 11 is 5.33. The molecule has 0 fully saturated rings. The van der Waals surface area contributed by atoms with Crippen LogP contribution in [0.1, 0.15) is 135 Å². The first kappa shape index (κ1) is 25.7. The largest absolute Gasteiger partial charge is 0.281 e. The summed E-state index contributed by atoms with van der Waals surface area (Å²) in [6.45, 7) is 2.20. The third-order valence-electron chi connectivity index (χ3n) is 5.15. The number of unbranched alkanes of at least 4 members (excludes halogenated alkanes) is 17. The van der Waals surface area contributed by atoms with E-state index in [0.29, 0.717) is 6.42 Å². The molecule has 0 amide bonds. The Labute approximate surface area is 169 Å². The fourth-order valence-electron chi connectivity index (χ4n) is 3.46. The van der Waals surface area contributed by atoms with Crippen LogP contribution in [0, 0.1) is 0 Å². The molecule has 0 aliphatic carbocycles. The topological polar surface area (TPSA) is 17.1 Å². The Morgan fingerprint density at radius 1 is 0.577 bits per heavy atom. The molecule has 1 nitrogen and oxygen atoms in total. The van der Waals surface area contributed by atoms with Gasteiger partial charge in [-0.15, -0.1) is 0 Å². The van der Waals surface area contributed by atoms with Gasteiger partial charge in [0.1, 0.15) is 0 Å². The second kappa shape index (κ2) is 22.7. The van der Waals surface area contributed by atoms with Gasteiger partial charge in [0.2, 0.25) is 5.24 Å². The van der Waals surface area contributed by atoms with E-state index in [9.17, 15) is 4.79 Å². The summed E-state index contributed by atoms with van der Waals surface area (Å²) in [7, 11) is 0. The Morgan fingerprint density at radius 2 is 0.923 bits per heavy atom. The number of hydrogen-bond donors (Lipinski definition) is 0. The zero-order valence-electron chi connectivity index (χ0n) is 17.6. The number of allylic oxidation sites excluding steroid dienone is 2. The van der Waals surface area contributed by atoms with Gasteiger partial charge in [0, 0.05) is 6.42 Å². The van der Waals surface area contributed by atoms with E-state index in [1.54, 1.807) is 0 Å². The van der Waals surface area contributed by atoms with Crippen LogP contribution in [-0.4, -0.2) is 5.24 Å². The van der Waals surface area contributed by atoms with E-state index in [4.69, 9.17) is 11.6 Å². The molecular weight excluding hydrogens is 340 g/mol. The van der Waals surface area contributed by atoms with E-state index in [-0.39, 0.29) is 5.24 Å². The van der Waals surface area contributed by atoms with E-state index in [1.807, 2.05) is 0 Å². The van der Waals surface area contributed by atoms with E-state index < -0.39 is 0 Å². The van der Waals surface area contributed by atoms with Crippen molar-refractivity contribution < 1.29 is 4.79 Å². The smallest absolute Gasteiger partial charge is 0.221 e. The predicted molar refractivity (Wildman–Crippen MR) is 118 cm³/mol. The Hall–Kier alpha value is -0.300. The highest BCUT2D eigenvalue weighted by Gasteiger charge is 1.97. The molecule has 0 aromatic heterocycles. The zero-order chi connectivity index (χ0) is 19.1. The molecule has 0 heterocycles. The molecule has 0 aromatic carbocycles. The third kappa shape index (κ3) is 23.7. The highest BCUT2D eigenvalue weighted by Crippen LogP contribution is 2.14. The molecule has 0 saturated carbocycles. The minimum atomic E-state index is -0.180. The summed E-state index contributed by atoms with van der Waals surface area (Å²) in [4.78, 5) is 10.6. The SMILES string of the molecule is CC/C=C/CCCCCCCCCCCCCCCCCCCC(=O)Cl. The summed E-state index contributed by atoms with van der Waals surface area (Å²) in [5, 5.41) is -0.180. The van der Waals surface area contributed by atoms with Crippen LogP contribution in [0.2, 0.25) is 0 Å². The first-order valence-corrected chi connectivity index (χ1v) is 12.0. The monoisotopic (exact) mass is 384 g/mol. The van der Waals surface area contributed by atoms with Crippen LogP contribution in [0.5, 0.6) is 0 Å². The first-order chi connectivity index (χ1) is 12.8. The minimum absolute atomic E-state index is 0.180. The lowest BCUT2D eigenvalue weighted by Gasteiger charge is -2.03. The van der Waals surface area contributed by atoms with Gasteiger partial charge in [-0.1, -0.05) is 115 Å². The van der Waals surface area contributed by atoms with Gasteiger partial charge in [0.15, 0.2) is 0 Å². The normalized spacial score (nSPS) is 11.5. The lowest BCUT2D eigenvalue weighted by molar-refractivity contribution is -0.111. The molecule has 0 spiro atoms. The van der Waals surface area contributed by atoms with E-state index in [2.05, 4.69) is 19.1 Å². The molecule has 0 aliphatic heterocycles. The average Bonchev–Trinajstić information content (AvgIpc) is 2.62. The average molecular weight is 385 g/mol. The van der Waals surface area contributed by atoms with Crippen LogP contribution >= 0.6 is 11.6 Å². The summed E-state index contributed by atoms with van der Waals surface area (Å²) in [5.41, 5.74) is 0. The fraction of sp³-hybridized carbons (Fsp3) is 0.875. The van der Waals surface area contributed by atoms with Gasteiger partial charge in [-0.05, 0) is 37.3 Å². The molecule has 154 valence electrons. The van der Waals surface area contributed by atoms with Gasteiger partial charge in [-0.25, -0.2) is 0 Å². The Kier molecular flexibility index (Phi) is 22.5. The third-order valence-corrected chi connectivity index (χ3v) is 5.34. The maximum Gasteiger partial charge on any atom is 0.221 e. The minimum Gasteiger partial charge on any atom is -0.281 e. The molecule has 0 unspecified atom stereocenters. The van der Waals surface area contributed by atoms with Crippen molar-refractivity contribution in [1.29, 1.82) is 0 Å². The second-order valence-corrected chi connectivity index (χ2v) is 8.21. The maximum absolute atomic E-state index is 10.6. The molecule has 0 radical (unpaired) electrons. The molecular formula is C24H45ClO. The van der Waals surface area contributed by atoms with Gasteiger partial charge in [-0.3, -0.25) is 4.79 Å². The van der Waals surface area contributed by atoms with E-state index in [1.165, 1.54) is 109 Å². The van der Waals surface area contributed by atoms with Crippen LogP contribution in [0.25, 0.3) is 0 Å². The van der Waals surface area contributed by atoms with Crippen LogP contribution in [-0.2, 0) is 4.79 Å². The van der Waals surface area contributed by atoms with Gasteiger partial charge in [0.05, 0.1) is 0 Å². The molecule has 0 bridgehead atoms. The standard InChI is InChI=1S/C24H45ClO/c1-2-3-4-5-6-7-8-9-10-11-12-13-14-15-16-17-18-19-20-21-22-23-24(25)26/h3-4H,2,5-23H2,1H3/b4-3+. The molecule has 0 aliphatic rings. The van der Waals surface area contributed by atoms with Crippen LogP contribution in [0.3, 0.4) is 0 Å². The van der Waals surface area contributed by atoms with Crippen molar-refractivity contribution in [3.8, 4) is 0 Å². The Balaban J connectivity index is 3.01. The van der Waals surface area contributed by atoms with Gasteiger partial charge >= 0.3 is 0 Å². The molecule has 0 saturated heterocycles. The summed E-state index contributed by atoms with van der Waals surface area (Å²) < 4.78 is 0. The van der Waals surface area contributed by atoms with Gasteiger partial charge < -0.3 is 0 Å². The van der Waals surface area contributed by atoms with Crippen molar-refractivity contribution in [3.63, 3.8) is 0 Å². The molecule has 0 atom stereocenters. The van der Waals surface area contributed by atoms with Crippen molar-refractivity contribution >= 4 is 16.8 Å². The summed E-state index contributed by atoms with van der Waals surface area (Å²) in [6, 6.07) is 0. The van der Waals surface area contributed by atoms with Crippen molar-refractivity contribution in [2.45, 2.75) is 135 Å². The number of carbonyl (C=O) groups excluding carboxylic acids is 1. The summed E-state index contributed by atoms with van der Waals surface area (Å²) in [5.74, 6) is 0. The number of rotatable bonds is 21. The quantitative estimate of drug-likeness (QED) is 0.109. The number of halogens is 1. The van der Waals surface area contributed by atoms with E-state index in [0.717, 1.165) is 12.8 Å². The number of hydrogen-bond acceptors (Lipinski definition) is 1. The molecule has 0 rings (SSSR count). The number of carbonyl (C=O) groups is 1. The second-order valence-electron chi connectivity index (χ2n) is 7.78. The Morgan fingerprint density at radius 3 is 1.27 bits per heavy atom. The van der Waals surface area contributed by atoms with Crippen molar-refractivity contribution in [1.82, 2.24) is 0 Å². The van der Waals surface area contributed by atoms with Crippen molar-refractivity contribution in [2.75, 3.05) is 0 Å². The van der Waals surface area contributed by atoms with Crippen LogP contribution < -0.4 is 0 Å². The van der Waals surface area contributed by atoms with Gasteiger partial charge in [0.25, 0.3) is 0 Å². The highest BCUT2D eigenvalue weighted by atomic mass is 35.5. The van der Waals surface area contributed by atoms with Crippen LogP contribution in [0.15, 0.2) is 12.2 Å². The molecule has 0 aromatic rings. The lowest BCUT2D eigenvalue weighted by atomic mass is 10.0. The predicted octanol–water partition coefficient (Wildman–Crippen LogP) is 9.13. The molecule has 26 heavy (non-hydrogen) atoms. The maximum atomic E-state index is 10.6. The van der Waals surface area contributed by atoms with Crippen molar-refractivity contribution in [2.24, 2.45) is 0 Å². The Bertz CT molecular complexity index is 311. The fourth-order valence-corrected chi connectivity index (χ4v) is 3.60. The van der Waals surface area contributed by atoms with E-state index >= 15 is 0 Å². The molecule has 2 heteroatoms. The zero-order valence-corrected chi connectivity index (χ0v) is 18.3. The lowest BCUT2D eigenvalue weighted by Crippen LogP contribution is -1.86. The summed E-state index contributed by atoms with van der Waals surface area (Å²) in [6.07, 6.45) is 30.8.